The molecule has 4 heteroatoms. The van der Waals surface area contributed by atoms with Gasteiger partial charge < -0.3 is 4.90 Å². The second-order valence-corrected chi connectivity index (χ2v) is 5.24. The van der Waals surface area contributed by atoms with Crippen molar-refractivity contribution < 1.29 is 4.79 Å². The highest BCUT2D eigenvalue weighted by atomic mass is 32.1. The molecular weight excluding hydrogens is 244 g/mol. The summed E-state index contributed by atoms with van der Waals surface area (Å²) in [5.74, 6) is 6.30. The lowest BCUT2D eigenvalue weighted by molar-refractivity contribution is -0.127. The number of hydrogen-bond donors (Lipinski definition) is 0. The highest BCUT2D eigenvalue weighted by molar-refractivity contribution is 7.19. The Morgan fingerprint density at radius 2 is 2.28 bits per heavy atom. The summed E-state index contributed by atoms with van der Waals surface area (Å²) in [5, 5.41) is 0.822. The van der Waals surface area contributed by atoms with Crippen LogP contribution in [0.1, 0.15) is 17.8 Å². The van der Waals surface area contributed by atoms with Crippen molar-refractivity contribution in [2.45, 2.75) is 12.8 Å². The van der Waals surface area contributed by atoms with Gasteiger partial charge in [0.25, 0.3) is 0 Å². The fraction of sp³-hybridized carbons (Fsp3) is 0.286. The molecule has 3 rings (SSSR count). The van der Waals surface area contributed by atoms with E-state index in [1.54, 1.807) is 16.2 Å². The van der Waals surface area contributed by atoms with E-state index in [2.05, 4.69) is 16.8 Å². The zero-order valence-corrected chi connectivity index (χ0v) is 10.7. The van der Waals surface area contributed by atoms with E-state index in [-0.39, 0.29) is 5.91 Å². The molecule has 90 valence electrons. The Hall–Kier alpha value is -1.86. The molecule has 1 amide bonds. The van der Waals surface area contributed by atoms with Crippen LogP contribution in [0.25, 0.3) is 10.2 Å². The molecule has 1 saturated heterocycles. The summed E-state index contributed by atoms with van der Waals surface area (Å²) in [4.78, 5) is 17.6. The maximum atomic E-state index is 11.4. The average molecular weight is 256 g/mol. The third kappa shape index (κ3) is 2.22. The first-order valence-electron chi connectivity index (χ1n) is 5.95. The monoisotopic (exact) mass is 256 g/mol. The summed E-state index contributed by atoms with van der Waals surface area (Å²) >= 11 is 1.59. The van der Waals surface area contributed by atoms with Gasteiger partial charge in [0.05, 0.1) is 16.8 Å². The molecule has 0 aliphatic carbocycles. The first-order chi connectivity index (χ1) is 8.83. The number of hydrogen-bond acceptors (Lipinski definition) is 3. The van der Waals surface area contributed by atoms with Gasteiger partial charge in [-0.15, -0.1) is 11.3 Å². The molecule has 3 nitrogen and oxygen atoms in total. The number of nitrogens with zero attached hydrogens (tertiary/aromatic N) is 2. The van der Waals surface area contributed by atoms with Crippen molar-refractivity contribution in [1.29, 1.82) is 0 Å². The molecule has 0 bridgehead atoms. The van der Waals surface area contributed by atoms with E-state index < -0.39 is 0 Å². The van der Waals surface area contributed by atoms with Gasteiger partial charge in [-0.05, 0) is 24.5 Å². The lowest BCUT2D eigenvalue weighted by atomic mass is 10.3. The van der Waals surface area contributed by atoms with Crippen LogP contribution in [0.15, 0.2) is 24.3 Å². The van der Waals surface area contributed by atoms with Crippen LogP contribution >= 0.6 is 11.3 Å². The quantitative estimate of drug-likeness (QED) is 0.733. The standard InChI is InChI=1S/C14H12N2OS/c17-14-8-4-10-16(14)9-3-7-13-15-11-5-1-2-6-12(11)18-13/h1-2,5-6H,4,8-10H2. The minimum absolute atomic E-state index is 0.216. The summed E-state index contributed by atoms with van der Waals surface area (Å²) in [5.41, 5.74) is 0.990. The van der Waals surface area contributed by atoms with Crippen LogP contribution in [0.3, 0.4) is 0 Å². The van der Waals surface area contributed by atoms with Gasteiger partial charge >= 0.3 is 0 Å². The molecular formula is C14H12N2OS. The number of aromatic nitrogens is 1. The Labute approximate surface area is 109 Å². The van der Waals surface area contributed by atoms with E-state index in [9.17, 15) is 4.79 Å². The normalized spacial score (nSPS) is 14.9. The Morgan fingerprint density at radius 1 is 1.39 bits per heavy atom. The highest BCUT2D eigenvalue weighted by Crippen LogP contribution is 2.20. The Morgan fingerprint density at radius 3 is 3.06 bits per heavy atom. The molecule has 2 heterocycles. The predicted octanol–water partition coefficient (Wildman–Crippen LogP) is 2.27. The van der Waals surface area contributed by atoms with Crippen molar-refractivity contribution in [2.75, 3.05) is 13.1 Å². The maximum Gasteiger partial charge on any atom is 0.223 e. The van der Waals surface area contributed by atoms with E-state index >= 15 is 0 Å². The van der Waals surface area contributed by atoms with E-state index in [4.69, 9.17) is 0 Å². The number of likely N-dealkylation sites (tertiary alicyclic amines) is 1. The van der Waals surface area contributed by atoms with Crippen LogP contribution < -0.4 is 0 Å². The molecule has 0 atom stereocenters. The van der Waals surface area contributed by atoms with Gasteiger partial charge in [-0.1, -0.05) is 18.1 Å². The van der Waals surface area contributed by atoms with Crippen LogP contribution in [0.5, 0.6) is 0 Å². The van der Waals surface area contributed by atoms with Crippen LogP contribution in [-0.2, 0) is 4.79 Å². The van der Waals surface area contributed by atoms with Crippen molar-refractivity contribution in [3.8, 4) is 11.8 Å². The van der Waals surface area contributed by atoms with Crippen molar-refractivity contribution in [3.63, 3.8) is 0 Å². The van der Waals surface area contributed by atoms with E-state index in [0.717, 1.165) is 28.2 Å². The minimum atomic E-state index is 0.216. The van der Waals surface area contributed by atoms with Crippen molar-refractivity contribution in [3.05, 3.63) is 29.3 Å². The molecule has 0 unspecified atom stereocenters. The average Bonchev–Trinajstić information content (AvgIpc) is 2.96. The van der Waals surface area contributed by atoms with Crippen molar-refractivity contribution in [1.82, 2.24) is 9.88 Å². The van der Waals surface area contributed by atoms with E-state index in [1.807, 2.05) is 24.3 Å². The summed E-state index contributed by atoms with van der Waals surface area (Å²) in [6.07, 6.45) is 1.63. The molecule has 18 heavy (non-hydrogen) atoms. The molecule has 1 fully saturated rings. The Kier molecular flexibility index (Phi) is 2.99. The summed E-state index contributed by atoms with van der Waals surface area (Å²) in [6.45, 7) is 1.36. The molecule has 0 N–H and O–H groups in total. The minimum Gasteiger partial charge on any atom is -0.332 e. The molecule has 1 aromatic carbocycles. The fourth-order valence-electron chi connectivity index (χ4n) is 2.01. The van der Waals surface area contributed by atoms with Gasteiger partial charge in [0.1, 0.15) is 0 Å². The smallest absolute Gasteiger partial charge is 0.223 e. The van der Waals surface area contributed by atoms with Crippen molar-refractivity contribution in [2.24, 2.45) is 0 Å². The van der Waals surface area contributed by atoms with Crippen molar-refractivity contribution >= 4 is 27.5 Å². The topological polar surface area (TPSA) is 33.2 Å². The van der Waals surface area contributed by atoms with E-state index in [1.165, 1.54) is 0 Å². The lowest BCUT2D eigenvalue weighted by Crippen LogP contribution is -2.24. The van der Waals surface area contributed by atoms with Gasteiger partial charge in [-0.2, -0.15) is 0 Å². The van der Waals surface area contributed by atoms with Gasteiger partial charge in [0.15, 0.2) is 5.01 Å². The van der Waals surface area contributed by atoms with Crippen LogP contribution in [-0.4, -0.2) is 28.9 Å². The fourth-order valence-corrected chi connectivity index (χ4v) is 2.85. The Balaban J connectivity index is 1.74. The number of thiazole rings is 1. The van der Waals surface area contributed by atoms with Gasteiger partial charge in [-0.25, -0.2) is 4.98 Å². The third-order valence-electron chi connectivity index (χ3n) is 2.93. The predicted molar refractivity (Wildman–Crippen MR) is 72.3 cm³/mol. The molecule has 1 aromatic heterocycles. The zero-order valence-electron chi connectivity index (χ0n) is 9.85. The van der Waals surface area contributed by atoms with Crippen LogP contribution in [0, 0.1) is 11.8 Å². The molecule has 0 saturated carbocycles. The largest absolute Gasteiger partial charge is 0.332 e. The second-order valence-electron chi connectivity index (χ2n) is 4.21. The number of carbonyl (C=O) groups is 1. The SMILES string of the molecule is O=C1CCCN1CC#Cc1nc2ccccc2s1. The second kappa shape index (κ2) is 4.79. The summed E-state index contributed by atoms with van der Waals surface area (Å²) in [7, 11) is 0. The van der Waals surface area contributed by atoms with Gasteiger partial charge in [0.2, 0.25) is 5.91 Å². The van der Waals surface area contributed by atoms with Crippen LogP contribution in [0.4, 0.5) is 0 Å². The zero-order chi connectivity index (χ0) is 12.4. The molecule has 1 aliphatic heterocycles. The maximum absolute atomic E-state index is 11.4. The first-order valence-corrected chi connectivity index (χ1v) is 6.77. The molecule has 1 aliphatic rings. The lowest BCUT2D eigenvalue weighted by Gasteiger charge is -2.09. The molecule has 0 radical (unpaired) electrons. The molecule has 0 spiro atoms. The molecule has 2 aromatic rings. The first kappa shape index (κ1) is 11.2. The van der Waals surface area contributed by atoms with Gasteiger partial charge in [0, 0.05) is 13.0 Å². The highest BCUT2D eigenvalue weighted by Gasteiger charge is 2.18. The summed E-state index contributed by atoms with van der Waals surface area (Å²) < 4.78 is 1.15. The number of amides is 1. The number of para-hydroxylation sites is 1. The third-order valence-corrected chi connectivity index (χ3v) is 3.88. The van der Waals surface area contributed by atoms with E-state index in [0.29, 0.717) is 13.0 Å². The number of benzene rings is 1. The van der Waals surface area contributed by atoms with Gasteiger partial charge in [-0.3, -0.25) is 4.79 Å². The summed E-state index contributed by atoms with van der Waals surface area (Å²) in [6, 6.07) is 8.01. The number of rotatable bonds is 1. The number of carbonyl (C=O) groups excluding carboxylic acids is 1. The van der Waals surface area contributed by atoms with Crippen LogP contribution in [0.2, 0.25) is 0 Å². The number of fused-ring (bicyclic) bond motifs is 1. The Bertz CT molecular complexity index is 617.